The van der Waals surface area contributed by atoms with Gasteiger partial charge in [-0.05, 0) is 55.9 Å². The molecule has 2 aromatic rings. The molecule has 3 rings (SSSR count). The van der Waals surface area contributed by atoms with E-state index in [9.17, 15) is 13.6 Å². The van der Waals surface area contributed by atoms with Crippen molar-refractivity contribution in [2.24, 2.45) is 0 Å². The number of hydrogen-bond donors (Lipinski definition) is 3. The van der Waals surface area contributed by atoms with Crippen LogP contribution in [0.4, 0.5) is 14.5 Å². The van der Waals surface area contributed by atoms with Gasteiger partial charge in [-0.15, -0.1) is 0 Å². The molecule has 0 spiro atoms. The lowest BCUT2D eigenvalue weighted by Gasteiger charge is -2.30. The summed E-state index contributed by atoms with van der Waals surface area (Å²) in [5.41, 5.74) is 3.52. The van der Waals surface area contributed by atoms with Crippen LogP contribution >= 0.6 is 12.2 Å². The van der Waals surface area contributed by atoms with E-state index >= 15 is 0 Å². The summed E-state index contributed by atoms with van der Waals surface area (Å²) in [6.45, 7) is 0.831. The molecule has 1 aliphatic heterocycles. The Morgan fingerprint density at radius 2 is 1.75 bits per heavy atom. The number of amides is 1. The molecule has 146 valence electrons. The van der Waals surface area contributed by atoms with Crippen molar-refractivity contribution in [3.05, 3.63) is 70.9 Å². The van der Waals surface area contributed by atoms with E-state index in [4.69, 9.17) is 12.2 Å². The predicted molar refractivity (Wildman–Crippen MR) is 107 cm³/mol. The minimum Gasteiger partial charge on any atom is -0.435 e. The number of allylic oxidation sites excluding steroid dienone is 1. The van der Waals surface area contributed by atoms with Gasteiger partial charge in [-0.1, -0.05) is 29.8 Å². The third-order valence-corrected chi connectivity index (χ3v) is 4.48. The number of aryl methyl sites for hydroxylation is 1. The van der Waals surface area contributed by atoms with Gasteiger partial charge in [0.05, 0.1) is 11.6 Å². The van der Waals surface area contributed by atoms with Crippen LogP contribution in [0, 0.1) is 6.92 Å². The van der Waals surface area contributed by atoms with Crippen molar-refractivity contribution in [2.45, 2.75) is 26.5 Å². The highest BCUT2D eigenvalue weighted by atomic mass is 32.1. The van der Waals surface area contributed by atoms with Gasteiger partial charge < -0.3 is 20.7 Å². The molecule has 1 heterocycles. The number of hydrogen-bond acceptors (Lipinski definition) is 3. The SMILES string of the molecule is CC1=C(C(=O)Nc2ccc(C)cc2)C(c2ccc(OC(F)F)cc2)NC(=S)N1. The van der Waals surface area contributed by atoms with Gasteiger partial charge in [0.1, 0.15) is 5.75 Å². The van der Waals surface area contributed by atoms with E-state index in [2.05, 4.69) is 20.7 Å². The summed E-state index contributed by atoms with van der Waals surface area (Å²) in [6, 6.07) is 13.0. The van der Waals surface area contributed by atoms with Gasteiger partial charge in [0.2, 0.25) is 0 Å². The molecule has 0 aliphatic carbocycles. The van der Waals surface area contributed by atoms with Crippen LogP contribution in [0.5, 0.6) is 5.75 Å². The van der Waals surface area contributed by atoms with E-state index < -0.39 is 12.7 Å². The Hall–Kier alpha value is -3.00. The number of anilines is 1. The summed E-state index contributed by atoms with van der Waals surface area (Å²) in [7, 11) is 0. The van der Waals surface area contributed by atoms with Crippen molar-refractivity contribution in [2.75, 3.05) is 5.32 Å². The van der Waals surface area contributed by atoms with Gasteiger partial charge >= 0.3 is 6.61 Å². The first kappa shape index (κ1) is 19.8. The summed E-state index contributed by atoms with van der Waals surface area (Å²) < 4.78 is 29.1. The van der Waals surface area contributed by atoms with Gasteiger partial charge in [-0.25, -0.2) is 0 Å². The van der Waals surface area contributed by atoms with Crippen molar-refractivity contribution >= 4 is 28.9 Å². The molecule has 1 amide bonds. The van der Waals surface area contributed by atoms with Crippen molar-refractivity contribution in [3.63, 3.8) is 0 Å². The lowest BCUT2D eigenvalue weighted by Crippen LogP contribution is -2.45. The number of carbonyl (C=O) groups is 1. The van der Waals surface area contributed by atoms with E-state index in [1.165, 1.54) is 12.1 Å². The van der Waals surface area contributed by atoms with Crippen molar-refractivity contribution in [1.82, 2.24) is 10.6 Å². The number of nitrogens with one attached hydrogen (secondary N) is 3. The molecule has 0 fully saturated rings. The highest BCUT2D eigenvalue weighted by Crippen LogP contribution is 2.29. The first-order valence-electron chi connectivity index (χ1n) is 8.54. The van der Waals surface area contributed by atoms with Crippen molar-refractivity contribution in [1.29, 1.82) is 0 Å². The molecule has 3 N–H and O–H groups in total. The van der Waals surface area contributed by atoms with Crippen LogP contribution in [0.25, 0.3) is 0 Å². The largest absolute Gasteiger partial charge is 0.435 e. The highest BCUT2D eigenvalue weighted by molar-refractivity contribution is 7.80. The monoisotopic (exact) mass is 403 g/mol. The van der Waals surface area contributed by atoms with E-state index in [0.29, 0.717) is 27.6 Å². The molecule has 2 aromatic carbocycles. The molecule has 0 saturated carbocycles. The average molecular weight is 403 g/mol. The van der Waals surface area contributed by atoms with Crippen LogP contribution in [-0.4, -0.2) is 17.6 Å². The number of ether oxygens (including phenoxy) is 1. The number of benzene rings is 2. The van der Waals surface area contributed by atoms with Crippen molar-refractivity contribution < 1.29 is 18.3 Å². The lowest BCUT2D eigenvalue weighted by molar-refractivity contribution is -0.113. The molecule has 1 aliphatic rings. The van der Waals surface area contributed by atoms with Gasteiger partial charge in [0, 0.05) is 11.4 Å². The molecule has 0 bridgehead atoms. The first-order valence-corrected chi connectivity index (χ1v) is 8.95. The number of halogens is 2. The lowest BCUT2D eigenvalue weighted by atomic mass is 9.95. The van der Waals surface area contributed by atoms with Gasteiger partial charge in [-0.3, -0.25) is 4.79 Å². The van der Waals surface area contributed by atoms with Crippen LogP contribution in [0.3, 0.4) is 0 Å². The maximum atomic E-state index is 12.9. The molecular formula is C20H19F2N3O2S. The highest BCUT2D eigenvalue weighted by Gasteiger charge is 2.30. The Bertz CT molecular complexity index is 912. The second-order valence-electron chi connectivity index (χ2n) is 6.34. The third kappa shape index (κ3) is 4.64. The minimum atomic E-state index is -2.89. The average Bonchev–Trinajstić information content (AvgIpc) is 2.63. The van der Waals surface area contributed by atoms with Gasteiger partial charge in [0.25, 0.3) is 5.91 Å². The Morgan fingerprint density at radius 1 is 1.11 bits per heavy atom. The Labute approximate surface area is 166 Å². The van der Waals surface area contributed by atoms with Gasteiger partial charge in [-0.2, -0.15) is 8.78 Å². The Morgan fingerprint density at radius 3 is 2.36 bits per heavy atom. The summed E-state index contributed by atoms with van der Waals surface area (Å²) in [5, 5.41) is 9.27. The zero-order valence-corrected chi connectivity index (χ0v) is 16.1. The maximum Gasteiger partial charge on any atom is 0.387 e. The van der Waals surface area contributed by atoms with Crippen LogP contribution in [0.2, 0.25) is 0 Å². The molecule has 8 heteroatoms. The van der Waals surface area contributed by atoms with E-state index in [0.717, 1.165) is 5.56 Å². The van der Waals surface area contributed by atoms with Crippen LogP contribution in [-0.2, 0) is 4.79 Å². The quantitative estimate of drug-likeness (QED) is 0.658. The number of thiocarbonyl (C=S) groups is 1. The summed E-state index contributed by atoms with van der Waals surface area (Å²) >= 11 is 5.21. The van der Waals surface area contributed by atoms with E-state index in [-0.39, 0.29) is 11.7 Å². The van der Waals surface area contributed by atoms with Crippen LogP contribution < -0.4 is 20.7 Å². The summed E-state index contributed by atoms with van der Waals surface area (Å²) in [6.07, 6.45) is 0. The van der Waals surface area contributed by atoms with E-state index in [1.807, 2.05) is 31.2 Å². The summed E-state index contributed by atoms with van der Waals surface area (Å²) in [5.74, 6) is -0.247. The topological polar surface area (TPSA) is 62.4 Å². The number of rotatable bonds is 5. The molecule has 0 saturated heterocycles. The molecular weight excluding hydrogens is 384 g/mol. The fraction of sp³-hybridized carbons (Fsp3) is 0.200. The molecule has 28 heavy (non-hydrogen) atoms. The smallest absolute Gasteiger partial charge is 0.387 e. The zero-order valence-electron chi connectivity index (χ0n) is 15.3. The predicted octanol–water partition coefficient (Wildman–Crippen LogP) is 4.03. The molecule has 0 radical (unpaired) electrons. The number of alkyl halides is 2. The fourth-order valence-electron chi connectivity index (χ4n) is 2.92. The fourth-order valence-corrected chi connectivity index (χ4v) is 3.19. The minimum absolute atomic E-state index is 0.0432. The molecule has 0 aromatic heterocycles. The second kappa shape index (κ2) is 8.35. The molecule has 1 atom stereocenters. The van der Waals surface area contributed by atoms with Crippen molar-refractivity contribution in [3.8, 4) is 5.75 Å². The third-order valence-electron chi connectivity index (χ3n) is 4.26. The Kier molecular flexibility index (Phi) is 5.89. The maximum absolute atomic E-state index is 12.9. The summed E-state index contributed by atoms with van der Waals surface area (Å²) in [4.78, 5) is 12.9. The zero-order chi connectivity index (χ0) is 20.3. The Balaban J connectivity index is 1.87. The van der Waals surface area contributed by atoms with Crippen LogP contribution in [0.1, 0.15) is 24.1 Å². The normalized spacial score (nSPS) is 16.5. The van der Waals surface area contributed by atoms with Gasteiger partial charge in [0.15, 0.2) is 5.11 Å². The van der Waals surface area contributed by atoms with Crippen LogP contribution in [0.15, 0.2) is 59.8 Å². The van der Waals surface area contributed by atoms with E-state index in [1.54, 1.807) is 19.1 Å². The second-order valence-corrected chi connectivity index (χ2v) is 6.75. The first-order chi connectivity index (χ1) is 13.3. The standard InChI is InChI=1S/C20H19F2N3O2S/c1-11-3-7-14(8-4-11)24-18(26)16-12(2)23-20(28)25-17(16)13-5-9-15(10-6-13)27-19(21)22/h3-10,17,19H,1-2H3,(H,24,26)(H2,23,25,28). The molecule has 5 nitrogen and oxygen atoms in total. The molecule has 1 unspecified atom stereocenters. The number of carbonyl (C=O) groups excluding carboxylic acids is 1.